The molecule has 0 aliphatic heterocycles. The van der Waals surface area contributed by atoms with Gasteiger partial charge < -0.3 is 10.1 Å². The lowest BCUT2D eigenvalue weighted by atomic mass is 10.2. The van der Waals surface area contributed by atoms with Crippen molar-refractivity contribution in [3.05, 3.63) is 66.5 Å². The molecule has 3 rings (SSSR count). The molecule has 0 aliphatic carbocycles. The average molecular weight is 326 g/mol. The lowest BCUT2D eigenvalue weighted by Gasteiger charge is -2.10. The van der Waals surface area contributed by atoms with E-state index in [2.05, 4.69) is 21.9 Å². The lowest BCUT2D eigenvalue weighted by Crippen LogP contribution is -2.08. The van der Waals surface area contributed by atoms with Gasteiger partial charge in [-0.3, -0.25) is 9.78 Å². The van der Waals surface area contributed by atoms with Crippen LogP contribution in [0.15, 0.2) is 61.4 Å². The zero-order valence-electron chi connectivity index (χ0n) is 12.0. The van der Waals surface area contributed by atoms with E-state index < -0.39 is 0 Å². The van der Waals surface area contributed by atoms with Crippen LogP contribution in [0.5, 0.6) is 11.6 Å². The van der Waals surface area contributed by atoms with Crippen LogP contribution in [-0.2, 0) is 4.79 Å². The number of pyridine rings is 2. The van der Waals surface area contributed by atoms with Crippen LogP contribution in [0, 0.1) is 0 Å². The maximum atomic E-state index is 11.5. The molecule has 2 heterocycles. The van der Waals surface area contributed by atoms with E-state index in [0.717, 1.165) is 5.39 Å². The van der Waals surface area contributed by atoms with Gasteiger partial charge in [0.15, 0.2) is 0 Å². The number of rotatable bonds is 4. The first-order chi connectivity index (χ1) is 11.2. The predicted molar refractivity (Wildman–Crippen MR) is 89.9 cm³/mol. The molecular formula is C17H12ClN3O2. The maximum Gasteiger partial charge on any atom is 0.247 e. The first-order valence-corrected chi connectivity index (χ1v) is 7.16. The number of carbonyl (C=O) groups is 1. The summed E-state index contributed by atoms with van der Waals surface area (Å²) in [6, 6.07) is 10.5. The number of hydrogen-bond donors (Lipinski definition) is 1. The molecule has 5 nitrogen and oxygen atoms in total. The highest BCUT2D eigenvalue weighted by atomic mass is 35.5. The number of carbonyl (C=O) groups excluding carboxylic acids is 1. The van der Waals surface area contributed by atoms with Gasteiger partial charge >= 0.3 is 0 Å². The molecule has 1 amide bonds. The van der Waals surface area contributed by atoms with Gasteiger partial charge in [0.25, 0.3) is 0 Å². The molecule has 1 N–H and O–H groups in total. The average Bonchev–Trinajstić information content (AvgIpc) is 2.59. The molecule has 0 fully saturated rings. The molecule has 0 saturated heterocycles. The Morgan fingerprint density at radius 3 is 2.74 bits per heavy atom. The Kier molecular flexibility index (Phi) is 4.21. The van der Waals surface area contributed by atoms with Crippen molar-refractivity contribution in [1.82, 2.24) is 9.97 Å². The summed E-state index contributed by atoms with van der Waals surface area (Å²) in [5.74, 6) is 0.625. The minimum absolute atomic E-state index is 0.316. The summed E-state index contributed by atoms with van der Waals surface area (Å²) in [5, 5.41) is 4.05. The number of anilines is 1. The summed E-state index contributed by atoms with van der Waals surface area (Å²) < 4.78 is 5.77. The molecule has 0 aliphatic rings. The van der Waals surface area contributed by atoms with E-state index in [1.807, 2.05) is 6.07 Å². The third-order valence-corrected chi connectivity index (χ3v) is 3.33. The van der Waals surface area contributed by atoms with Crippen LogP contribution < -0.4 is 10.1 Å². The molecule has 0 spiro atoms. The van der Waals surface area contributed by atoms with Crippen LogP contribution in [0.4, 0.5) is 5.69 Å². The highest BCUT2D eigenvalue weighted by Gasteiger charge is 2.11. The number of halogens is 1. The van der Waals surface area contributed by atoms with Crippen LogP contribution in [0.3, 0.4) is 0 Å². The number of fused-ring (bicyclic) bond motifs is 1. The first-order valence-electron chi connectivity index (χ1n) is 6.78. The third kappa shape index (κ3) is 3.30. The van der Waals surface area contributed by atoms with Crippen molar-refractivity contribution in [2.75, 3.05) is 5.32 Å². The normalized spacial score (nSPS) is 10.3. The quantitative estimate of drug-likeness (QED) is 0.730. The number of aromatic nitrogens is 2. The summed E-state index contributed by atoms with van der Waals surface area (Å²) in [7, 11) is 0. The fourth-order valence-electron chi connectivity index (χ4n) is 2.02. The number of hydrogen-bond acceptors (Lipinski definition) is 4. The molecule has 0 radical (unpaired) electrons. The number of nitrogens with zero attached hydrogens (tertiary/aromatic N) is 2. The molecule has 0 saturated carbocycles. The number of ether oxygens (including phenoxy) is 1. The van der Waals surface area contributed by atoms with Gasteiger partial charge in [-0.1, -0.05) is 18.2 Å². The van der Waals surface area contributed by atoms with Gasteiger partial charge in [0.05, 0.1) is 11.9 Å². The minimum atomic E-state index is -0.316. The van der Waals surface area contributed by atoms with E-state index in [9.17, 15) is 4.79 Å². The highest BCUT2D eigenvalue weighted by Crippen LogP contribution is 2.31. The zero-order valence-corrected chi connectivity index (χ0v) is 12.7. The summed E-state index contributed by atoms with van der Waals surface area (Å²) >= 11 is 5.86. The standard InChI is InChI=1S/C17H12ClN3O2/c1-2-15(22)21-14-10-20-17(16-13(14)4-3-9-19-16)23-12-7-5-11(18)6-8-12/h2-10H,1H2,(H,21,22). The third-order valence-electron chi connectivity index (χ3n) is 3.08. The Labute approximate surface area is 137 Å². The topological polar surface area (TPSA) is 64.1 Å². The molecule has 23 heavy (non-hydrogen) atoms. The lowest BCUT2D eigenvalue weighted by molar-refractivity contribution is -0.111. The van der Waals surface area contributed by atoms with Crippen molar-refractivity contribution >= 4 is 34.1 Å². The maximum absolute atomic E-state index is 11.5. The zero-order chi connectivity index (χ0) is 16.2. The molecular weight excluding hydrogens is 314 g/mol. The fraction of sp³-hybridized carbons (Fsp3) is 0. The Morgan fingerprint density at radius 1 is 1.22 bits per heavy atom. The van der Waals surface area contributed by atoms with E-state index in [1.54, 1.807) is 36.5 Å². The predicted octanol–water partition coefficient (Wildman–Crippen LogP) is 4.20. The van der Waals surface area contributed by atoms with Crippen LogP contribution >= 0.6 is 11.6 Å². The molecule has 114 valence electrons. The van der Waals surface area contributed by atoms with Crippen molar-refractivity contribution < 1.29 is 9.53 Å². The molecule has 3 aromatic rings. The van der Waals surface area contributed by atoms with Gasteiger partial charge in [-0.25, -0.2) is 4.98 Å². The molecule has 0 bridgehead atoms. The minimum Gasteiger partial charge on any atom is -0.437 e. The molecule has 0 atom stereocenters. The van der Waals surface area contributed by atoms with Crippen molar-refractivity contribution in [1.29, 1.82) is 0 Å². The molecule has 2 aromatic heterocycles. The van der Waals surface area contributed by atoms with E-state index in [1.165, 1.54) is 12.3 Å². The van der Waals surface area contributed by atoms with Gasteiger partial charge in [-0.15, -0.1) is 0 Å². The second-order valence-electron chi connectivity index (χ2n) is 4.63. The van der Waals surface area contributed by atoms with Crippen molar-refractivity contribution in [3.8, 4) is 11.6 Å². The molecule has 0 unspecified atom stereocenters. The smallest absolute Gasteiger partial charge is 0.247 e. The first kappa shape index (κ1) is 15.0. The van der Waals surface area contributed by atoms with Crippen LogP contribution in [-0.4, -0.2) is 15.9 Å². The summed E-state index contributed by atoms with van der Waals surface area (Å²) in [5.41, 5.74) is 1.09. The van der Waals surface area contributed by atoms with Crippen molar-refractivity contribution in [3.63, 3.8) is 0 Å². The van der Waals surface area contributed by atoms with Crippen molar-refractivity contribution in [2.24, 2.45) is 0 Å². The van der Waals surface area contributed by atoms with Gasteiger partial charge in [-0.2, -0.15) is 0 Å². The molecule has 1 aromatic carbocycles. The summed E-state index contributed by atoms with van der Waals surface area (Å²) in [6.45, 7) is 3.43. The largest absolute Gasteiger partial charge is 0.437 e. The Bertz CT molecular complexity index is 879. The second-order valence-corrected chi connectivity index (χ2v) is 5.06. The summed E-state index contributed by atoms with van der Waals surface area (Å²) in [4.78, 5) is 20.1. The SMILES string of the molecule is C=CC(=O)Nc1cnc(Oc2ccc(Cl)cc2)c2ncccc12. The molecule has 6 heteroatoms. The number of benzene rings is 1. The summed E-state index contributed by atoms with van der Waals surface area (Å²) in [6.07, 6.45) is 4.36. The second kappa shape index (κ2) is 6.46. The van der Waals surface area contributed by atoms with Gasteiger partial charge in [0.2, 0.25) is 11.8 Å². The Balaban J connectivity index is 2.02. The van der Waals surface area contributed by atoms with E-state index in [0.29, 0.717) is 27.9 Å². The van der Waals surface area contributed by atoms with Crippen LogP contribution in [0.1, 0.15) is 0 Å². The highest BCUT2D eigenvalue weighted by molar-refractivity contribution is 6.30. The fourth-order valence-corrected chi connectivity index (χ4v) is 2.15. The number of amides is 1. The van der Waals surface area contributed by atoms with Gasteiger partial charge in [-0.05, 0) is 42.5 Å². The van der Waals surface area contributed by atoms with Gasteiger partial charge in [0.1, 0.15) is 11.3 Å². The Morgan fingerprint density at radius 2 is 2.00 bits per heavy atom. The Hall–Kier alpha value is -2.92. The number of nitrogens with one attached hydrogen (secondary N) is 1. The van der Waals surface area contributed by atoms with E-state index >= 15 is 0 Å². The van der Waals surface area contributed by atoms with Crippen LogP contribution in [0.2, 0.25) is 5.02 Å². The van der Waals surface area contributed by atoms with Crippen LogP contribution in [0.25, 0.3) is 10.9 Å². The van der Waals surface area contributed by atoms with Crippen molar-refractivity contribution in [2.45, 2.75) is 0 Å². The monoisotopic (exact) mass is 325 g/mol. The van der Waals surface area contributed by atoms with E-state index in [-0.39, 0.29) is 5.91 Å². The van der Waals surface area contributed by atoms with E-state index in [4.69, 9.17) is 16.3 Å². The van der Waals surface area contributed by atoms with Gasteiger partial charge in [0, 0.05) is 16.6 Å².